The van der Waals surface area contributed by atoms with E-state index in [4.69, 9.17) is 14.5 Å². The van der Waals surface area contributed by atoms with Crippen LogP contribution in [0.15, 0.2) is 9.95 Å². The van der Waals surface area contributed by atoms with Gasteiger partial charge in [-0.05, 0) is 57.4 Å². The molecule has 0 aromatic carbocycles. The third-order valence-electron chi connectivity index (χ3n) is 5.56. The van der Waals surface area contributed by atoms with Crippen LogP contribution in [-0.2, 0) is 28.9 Å². The minimum atomic E-state index is 0.123. The first kappa shape index (κ1) is 20.4. The average Bonchev–Trinajstić information content (AvgIpc) is 3.28. The Morgan fingerprint density at radius 2 is 2.25 bits per heavy atom. The largest absolute Gasteiger partial charge is 0.378 e. The molecule has 2 aromatic heterocycles. The SMILES string of the molecule is CC1CCc2c(sc3nc(SCCOC(C)C)n(CC4CCCO4)c(=O)c23)C1. The van der Waals surface area contributed by atoms with Crippen LogP contribution in [0.1, 0.15) is 50.5 Å². The number of aryl methyl sites for hydroxylation is 1. The number of thioether (sulfide) groups is 1. The van der Waals surface area contributed by atoms with Crippen molar-refractivity contribution in [2.45, 2.75) is 76.8 Å². The van der Waals surface area contributed by atoms with Gasteiger partial charge in [-0.25, -0.2) is 4.98 Å². The van der Waals surface area contributed by atoms with E-state index in [2.05, 4.69) is 6.92 Å². The Morgan fingerprint density at radius 1 is 1.39 bits per heavy atom. The molecule has 2 aromatic rings. The van der Waals surface area contributed by atoms with Crippen LogP contribution < -0.4 is 5.56 Å². The van der Waals surface area contributed by atoms with Crippen molar-refractivity contribution >= 4 is 33.3 Å². The molecule has 5 nitrogen and oxygen atoms in total. The molecule has 2 aliphatic rings. The van der Waals surface area contributed by atoms with Gasteiger partial charge in [0.1, 0.15) is 4.83 Å². The molecule has 28 heavy (non-hydrogen) atoms. The summed E-state index contributed by atoms with van der Waals surface area (Å²) in [5.74, 6) is 1.49. The fraction of sp³-hybridized carbons (Fsp3) is 0.714. The van der Waals surface area contributed by atoms with E-state index in [0.717, 1.165) is 59.8 Å². The summed E-state index contributed by atoms with van der Waals surface area (Å²) in [6, 6.07) is 0. The van der Waals surface area contributed by atoms with Gasteiger partial charge in [-0.15, -0.1) is 11.3 Å². The van der Waals surface area contributed by atoms with Gasteiger partial charge in [0.15, 0.2) is 5.16 Å². The van der Waals surface area contributed by atoms with Crippen molar-refractivity contribution in [3.8, 4) is 0 Å². The van der Waals surface area contributed by atoms with Gasteiger partial charge in [0.25, 0.3) is 5.56 Å². The van der Waals surface area contributed by atoms with E-state index in [1.165, 1.54) is 10.4 Å². The topological polar surface area (TPSA) is 53.4 Å². The van der Waals surface area contributed by atoms with E-state index in [9.17, 15) is 4.79 Å². The molecule has 1 saturated heterocycles. The molecule has 154 valence electrons. The summed E-state index contributed by atoms with van der Waals surface area (Å²) in [5, 5.41) is 1.68. The molecule has 4 rings (SSSR count). The number of hydrogen-bond acceptors (Lipinski definition) is 6. The normalized spacial score (nSPS) is 22.3. The van der Waals surface area contributed by atoms with Crippen LogP contribution in [0, 0.1) is 5.92 Å². The lowest BCUT2D eigenvalue weighted by Gasteiger charge is -2.18. The van der Waals surface area contributed by atoms with Crippen molar-refractivity contribution in [2.75, 3.05) is 19.0 Å². The third kappa shape index (κ3) is 4.32. The molecule has 2 unspecified atom stereocenters. The molecule has 0 radical (unpaired) electrons. The second-order valence-electron chi connectivity index (χ2n) is 8.25. The number of thiophene rings is 1. The lowest BCUT2D eigenvalue weighted by molar-refractivity contribution is 0.0916. The molecule has 1 aliphatic heterocycles. The van der Waals surface area contributed by atoms with Crippen LogP contribution in [-0.4, -0.2) is 40.7 Å². The number of rotatable bonds is 7. The van der Waals surface area contributed by atoms with Crippen molar-refractivity contribution in [1.82, 2.24) is 9.55 Å². The van der Waals surface area contributed by atoms with Crippen molar-refractivity contribution in [3.63, 3.8) is 0 Å². The van der Waals surface area contributed by atoms with E-state index in [0.29, 0.717) is 19.1 Å². The minimum absolute atomic E-state index is 0.123. The minimum Gasteiger partial charge on any atom is -0.378 e. The van der Waals surface area contributed by atoms with Gasteiger partial charge in [0.2, 0.25) is 0 Å². The van der Waals surface area contributed by atoms with Crippen molar-refractivity contribution in [2.24, 2.45) is 5.92 Å². The molecular formula is C21H30N2O3S2. The third-order valence-corrected chi connectivity index (χ3v) is 7.64. The number of hydrogen-bond donors (Lipinski definition) is 0. The van der Waals surface area contributed by atoms with Crippen molar-refractivity contribution in [1.29, 1.82) is 0 Å². The van der Waals surface area contributed by atoms with E-state index < -0.39 is 0 Å². The molecule has 7 heteroatoms. The highest BCUT2D eigenvalue weighted by Crippen LogP contribution is 2.36. The molecule has 0 bridgehead atoms. The molecule has 3 heterocycles. The Hall–Kier alpha value is -0.890. The average molecular weight is 423 g/mol. The summed E-state index contributed by atoms with van der Waals surface area (Å²) in [5.41, 5.74) is 1.39. The zero-order valence-electron chi connectivity index (χ0n) is 17.0. The van der Waals surface area contributed by atoms with Crippen LogP contribution in [0.4, 0.5) is 0 Å². The van der Waals surface area contributed by atoms with Crippen LogP contribution >= 0.6 is 23.1 Å². The Balaban J connectivity index is 1.69. The van der Waals surface area contributed by atoms with E-state index in [1.807, 2.05) is 18.4 Å². The smallest absolute Gasteiger partial charge is 0.263 e. The van der Waals surface area contributed by atoms with Crippen LogP contribution in [0.25, 0.3) is 10.2 Å². The van der Waals surface area contributed by atoms with Gasteiger partial charge in [-0.2, -0.15) is 0 Å². The lowest BCUT2D eigenvalue weighted by atomic mass is 9.89. The summed E-state index contributed by atoms with van der Waals surface area (Å²) in [7, 11) is 0. The fourth-order valence-electron chi connectivity index (χ4n) is 4.08. The maximum atomic E-state index is 13.5. The number of nitrogens with zero attached hydrogens (tertiary/aromatic N) is 2. The first-order valence-electron chi connectivity index (χ1n) is 10.4. The van der Waals surface area contributed by atoms with E-state index >= 15 is 0 Å². The maximum absolute atomic E-state index is 13.5. The molecule has 1 aliphatic carbocycles. The Labute approximate surface area is 174 Å². The fourth-order valence-corrected chi connectivity index (χ4v) is 6.35. The molecule has 0 amide bonds. The Kier molecular flexibility index (Phi) is 6.45. The highest BCUT2D eigenvalue weighted by atomic mass is 32.2. The summed E-state index contributed by atoms with van der Waals surface area (Å²) in [6.07, 6.45) is 5.67. The zero-order chi connectivity index (χ0) is 19.7. The zero-order valence-corrected chi connectivity index (χ0v) is 18.7. The first-order valence-corrected chi connectivity index (χ1v) is 12.2. The van der Waals surface area contributed by atoms with Crippen LogP contribution in [0.3, 0.4) is 0 Å². The lowest BCUT2D eigenvalue weighted by Crippen LogP contribution is -2.29. The second-order valence-corrected chi connectivity index (χ2v) is 10.4. The second kappa shape index (κ2) is 8.86. The van der Waals surface area contributed by atoms with Gasteiger partial charge in [-0.1, -0.05) is 18.7 Å². The monoisotopic (exact) mass is 422 g/mol. The highest BCUT2D eigenvalue weighted by Gasteiger charge is 2.26. The van der Waals surface area contributed by atoms with E-state index in [1.54, 1.807) is 23.1 Å². The van der Waals surface area contributed by atoms with Gasteiger partial charge >= 0.3 is 0 Å². The molecule has 1 fully saturated rings. The van der Waals surface area contributed by atoms with Crippen LogP contribution in [0.5, 0.6) is 0 Å². The Morgan fingerprint density at radius 3 is 3.00 bits per heavy atom. The summed E-state index contributed by atoms with van der Waals surface area (Å²) in [6.45, 7) is 8.45. The highest BCUT2D eigenvalue weighted by molar-refractivity contribution is 7.99. The predicted octanol–water partition coefficient (Wildman–Crippen LogP) is 4.28. The standard InChI is InChI=1S/C21H30N2O3S2/c1-13(2)25-9-10-27-21-22-19-18(16-7-6-14(3)11-17(16)28-19)20(24)23(21)12-15-5-4-8-26-15/h13-15H,4-12H2,1-3H3. The summed E-state index contributed by atoms with van der Waals surface area (Å²) < 4.78 is 13.4. The molecule has 0 saturated carbocycles. The van der Waals surface area contributed by atoms with Gasteiger partial charge in [0.05, 0.1) is 30.7 Å². The molecule has 2 atom stereocenters. The quantitative estimate of drug-likeness (QED) is 0.379. The molecular weight excluding hydrogens is 392 g/mol. The molecule has 0 spiro atoms. The van der Waals surface area contributed by atoms with Gasteiger partial charge in [0, 0.05) is 17.2 Å². The van der Waals surface area contributed by atoms with Crippen LogP contribution in [0.2, 0.25) is 0 Å². The first-order chi connectivity index (χ1) is 13.5. The number of fused-ring (bicyclic) bond motifs is 3. The summed E-state index contributed by atoms with van der Waals surface area (Å²) in [4.78, 5) is 20.8. The molecule has 0 N–H and O–H groups in total. The van der Waals surface area contributed by atoms with Crippen molar-refractivity contribution in [3.05, 3.63) is 20.8 Å². The Bertz CT molecular complexity index is 884. The number of ether oxygens (including phenoxy) is 2. The summed E-state index contributed by atoms with van der Waals surface area (Å²) >= 11 is 3.35. The van der Waals surface area contributed by atoms with Gasteiger partial charge < -0.3 is 9.47 Å². The predicted molar refractivity (Wildman–Crippen MR) is 116 cm³/mol. The van der Waals surface area contributed by atoms with Gasteiger partial charge in [-0.3, -0.25) is 9.36 Å². The van der Waals surface area contributed by atoms with E-state index in [-0.39, 0.29) is 17.8 Å². The van der Waals surface area contributed by atoms with Crippen molar-refractivity contribution < 1.29 is 9.47 Å². The maximum Gasteiger partial charge on any atom is 0.263 e. The number of aromatic nitrogens is 2.